The molecule has 0 aliphatic carbocycles. The molecule has 7 nitrogen and oxygen atoms in total. The van der Waals surface area contributed by atoms with E-state index in [9.17, 15) is 4.79 Å². The summed E-state index contributed by atoms with van der Waals surface area (Å²) in [6.45, 7) is 5.26. The van der Waals surface area contributed by atoms with Crippen molar-refractivity contribution in [1.29, 1.82) is 0 Å². The lowest BCUT2D eigenvalue weighted by atomic mass is 9.91. The van der Waals surface area contributed by atoms with Gasteiger partial charge in [0, 0.05) is 25.8 Å². The first-order valence-electron chi connectivity index (χ1n) is 7.46. The van der Waals surface area contributed by atoms with Crippen LogP contribution in [-0.2, 0) is 19.0 Å². The predicted molar refractivity (Wildman–Crippen MR) is 83.1 cm³/mol. The largest absolute Gasteiger partial charge is 0.374 e. The number of ketones is 1. The molecule has 23 heavy (non-hydrogen) atoms. The summed E-state index contributed by atoms with van der Waals surface area (Å²) in [5.41, 5.74) is 0.759. The molecule has 0 bridgehead atoms. The number of aryl methyl sites for hydroxylation is 1. The molecule has 2 aromatic heterocycles. The number of nitrogens with zero attached hydrogens (tertiary/aromatic N) is 3. The van der Waals surface area contributed by atoms with E-state index in [0.717, 1.165) is 16.7 Å². The number of carbonyl (C=O) groups is 1. The molecule has 3 rings (SSSR count). The van der Waals surface area contributed by atoms with Crippen molar-refractivity contribution in [2.45, 2.75) is 44.8 Å². The van der Waals surface area contributed by atoms with Crippen LogP contribution in [-0.4, -0.2) is 52.3 Å². The minimum Gasteiger partial charge on any atom is -0.374 e. The Hall–Kier alpha value is -1.83. The summed E-state index contributed by atoms with van der Waals surface area (Å²) >= 11 is 0. The third kappa shape index (κ3) is 2.27. The topological polar surface area (TPSA) is 75.5 Å². The fourth-order valence-electron chi connectivity index (χ4n) is 3.37. The Bertz CT molecular complexity index is 744. The van der Waals surface area contributed by atoms with Gasteiger partial charge in [-0.3, -0.25) is 4.79 Å². The van der Waals surface area contributed by atoms with Gasteiger partial charge in [-0.1, -0.05) is 0 Å². The average Bonchev–Trinajstić information content (AvgIpc) is 3.07. The van der Waals surface area contributed by atoms with E-state index < -0.39 is 24.0 Å². The standard InChI is InChI=1S/C16H21N3O4/c1-9-11-6-7-19(14(11)18-8-17-9)15-13(21-4)16(3,22-5)12(23-15)10(2)20/h6-8,12-13,15H,1-5H3/t12-,13+,15-,16-/m1/s1. The van der Waals surface area contributed by atoms with E-state index in [1.165, 1.54) is 13.3 Å². The number of hydrogen-bond acceptors (Lipinski definition) is 6. The normalized spacial score (nSPS) is 30.9. The number of aromatic nitrogens is 3. The molecule has 2 aromatic rings. The van der Waals surface area contributed by atoms with Crippen molar-refractivity contribution >= 4 is 16.8 Å². The summed E-state index contributed by atoms with van der Waals surface area (Å²) in [5.74, 6) is -0.0961. The highest BCUT2D eigenvalue weighted by Gasteiger charge is 2.57. The highest BCUT2D eigenvalue weighted by molar-refractivity contribution is 5.82. The van der Waals surface area contributed by atoms with Crippen molar-refractivity contribution in [3.8, 4) is 0 Å². The number of Topliss-reactive ketones (excluding diaryl/α,β-unsaturated/α-hetero) is 1. The van der Waals surface area contributed by atoms with Crippen LogP contribution in [0.1, 0.15) is 25.8 Å². The minimum absolute atomic E-state index is 0.0961. The second-order valence-corrected chi connectivity index (χ2v) is 5.98. The van der Waals surface area contributed by atoms with E-state index in [1.807, 2.05) is 30.7 Å². The molecule has 4 atom stereocenters. The van der Waals surface area contributed by atoms with Gasteiger partial charge < -0.3 is 18.8 Å². The molecular formula is C16H21N3O4. The molecule has 1 saturated heterocycles. The summed E-state index contributed by atoms with van der Waals surface area (Å²) in [6.07, 6.45) is 1.73. The highest BCUT2D eigenvalue weighted by Crippen LogP contribution is 2.42. The van der Waals surface area contributed by atoms with E-state index in [4.69, 9.17) is 14.2 Å². The van der Waals surface area contributed by atoms with Gasteiger partial charge in [0.2, 0.25) is 0 Å². The third-order valence-corrected chi connectivity index (χ3v) is 4.67. The Labute approximate surface area is 134 Å². The van der Waals surface area contributed by atoms with E-state index >= 15 is 0 Å². The molecule has 0 amide bonds. The molecule has 0 radical (unpaired) electrons. The molecule has 0 aromatic carbocycles. The van der Waals surface area contributed by atoms with Crippen LogP contribution in [0.2, 0.25) is 0 Å². The van der Waals surface area contributed by atoms with E-state index in [-0.39, 0.29) is 5.78 Å². The zero-order chi connectivity index (χ0) is 16.8. The van der Waals surface area contributed by atoms with E-state index in [1.54, 1.807) is 14.2 Å². The van der Waals surface area contributed by atoms with Crippen LogP contribution >= 0.6 is 0 Å². The monoisotopic (exact) mass is 319 g/mol. The van der Waals surface area contributed by atoms with Crippen molar-refractivity contribution in [3.05, 3.63) is 24.3 Å². The molecule has 0 unspecified atom stereocenters. The summed E-state index contributed by atoms with van der Waals surface area (Å²) in [4.78, 5) is 20.6. The maximum absolute atomic E-state index is 12.0. The Balaban J connectivity index is 2.11. The Kier molecular flexibility index (Phi) is 3.95. The van der Waals surface area contributed by atoms with Crippen LogP contribution in [0.5, 0.6) is 0 Å². The average molecular weight is 319 g/mol. The number of fused-ring (bicyclic) bond motifs is 1. The summed E-state index contributed by atoms with van der Waals surface area (Å²) in [5, 5.41) is 0.941. The Morgan fingerprint density at radius 2 is 2.13 bits per heavy atom. The quantitative estimate of drug-likeness (QED) is 0.853. The lowest BCUT2D eigenvalue weighted by molar-refractivity contribution is -0.143. The van der Waals surface area contributed by atoms with Gasteiger partial charge in [-0.25, -0.2) is 9.97 Å². The van der Waals surface area contributed by atoms with Gasteiger partial charge in [-0.15, -0.1) is 0 Å². The number of carbonyl (C=O) groups excluding carboxylic acids is 1. The van der Waals surface area contributed by atoms with Gasteiger partial charge in [0.1, 0.15) is 29.8 Å². The number of methoxy groups -OCH3 is 2. The molecule has 124 valence electrons. The molecule has 3 heterocycles. The van der Waals surface area contributed by atoms with Gasteiger partial charge in [0.05, 0.1) is 5.69 Å². The first-order valence-corrected chi connectivity index (χ1v) is 7.46. The molecule has 1 aliphatic heterocycles. The molecule has 1 aliphatic rings. The van der Waals surface area contributed by atoms with E-state index in [0.29, 0.717) is 0 Å². The highest BCUT2D eigenvalue weighted by atomic mass is 16.6. The summed E-state index contributed by atoms with van der Waals surface area (Å²) in [7, 11) is 3.15. The van der Waals surface area contributed by atoms with Crippen LogP contribution in [0.4, 0.5) is 0 Å². The van der Waals surface area contributed by atoms with Gasteiger partial charge in [0.25, 0.3) is 0 Å². The van der Waals surface area contributed by atoms with Crippen molar-refractivity contribution < 1.29 is 19.0 Å². The van der Waals surface area contributed by atoms with Crippen LogP contribution in [0.15, 0.2) is 18.6 Å². The van der Waals surface area contributed by atoms with E-state index in [2.05, 4.69) is 9.97 Å². The van der Waals surface area contributed by atoms with Crippen LogP contribution in [0, 0.1) is 6.92 Å². The first-order chi connectivity index (χ1) is 10.9. The smallest absolute Gasteiger partial charge is 0.165 e. The molecule has 0 saturated carbocycles. The Morgan fingerprint density at radius 3 is 2.74 bits per heavy atom. The molecule has 0 spiro atoms. The predicted octanol–water partition coefficient (Wildman–Crippen LogP) is 1.65. The van der Waals surface area contributed by atoms with Crippen molar-refractivity contribution in [3.63, 3.8) is 0 Å². The number of ether oxygens (including phenoxy) is 3. The van der Waals surface area contributed by atoms with Crippen LogP contribution in [0.3, 0.4) is 0 Å². The van der Waals surface area contributed by atoms with Gasteiger partial charge in [-0.2, -0.15) is 0 Å². The van der Waals surface area contributed by atoms with Crippen LogP contribution in [0.25, 0.3) is 11.0 Å². The molecule has 7 heteroatoms. The summed E-state index contributed by atoms with van der Waals surface area (Å²) < 4.78 is 19.2. The first kappa shape index (κ1) is 16.0. The second kappa shape index (κ2) is 5.67. The maximum atomic E-state index is 12.0. The Morgan fingerprint density at radius 1 is 1.39 bits per heavy atom. The molecular weight excluding hydrogens is 298 g/mol. The second-order valence-electron chi connectivity index (χ2n) is 5.98. The maximum Gasteiger partial charge on any atom is 0.165 e. The van der Waals surface area contributed by atoms with Gasteiger partial charge >= 0.3 is 0 Å². The van der Waals surface area contributed by atoms with Crippen molar-refractivity contribution in [2.24, 2.45) is 0 Å². The molecule has 1 fully saturated rings. The lowest BCUT2D eigenvalue weighted by Crippen LogP contribution is -2.50. The van der Waals surface area contributed by atoms with Gasteiger partial charge in [0.15, 0.2) is 12.0 Å². The van der Waals surface area contributed by atoms with Crippen LogP contribution < -0.4 is 0 Å². The molecule has 0 N–H and O–H groups in total. The SMILES string of the molecule is CO[C@H]1[C@H](n2ccc3c(C)ncnc32)O[C@H](C(C)=O)[C@@]1(C)OC. The number of rotatable bonds is 4. The third-order valence-electron chi connectivity index (χ3n) is 4.67. The van der Waals surface area contributed by atoms with Crippen molar-refractivity contribution in [1.82, 2.24) is 14.5 Å². The fourth-order valence-corrected chi connectivity index (χ4v) is 3.37. The summed E-state index contributed by atoms with van der Waals surface area (Å²) in [6, 6.07) is 1.94. The zero-order valence-corrected chi connectivity index (χ0v) is 13.9. The van der Waals surface area contributed by atoms with Crippen molar-refractivity contribution in [2.75, 3.05) is 14.2 Å². The van der Waals surface area contributed by atoms with Gasteiger partial charge in [-0.05, 0) is 26.8 Å². The fraction of sp³-hybridized carbons (Fsp3) is 0.562. The zero-order valence-electron chi connectivity index (χ0n) is 13.9. The minimum atomic E-state index is -0.871. The number of hydrogen-bond donors (Lipinski definition) is 0. The lowest BCUT2D eigenvalue weighted by Gasteiger charge is -2.32.